The summed E-state index contributed by atoms with van der Waals surface area (Å²) in [6.45, 7) is 0.188. The molecule has 0 aliphatic rings. The van der Waals surface area contributed by atoms with Crippen molar-refractivity contribution >= 4 is 5.97 Å². The molecule has 0 saturated heterocycles. The molecule has 0 bridgehead atoms. The summed E-state index contributed by atoms with van der Waals surface area (Å²) in [5, 5.41) is 9.02. The van der Waals surface area contributed by atoms with Crippen molar-refractivity contribution in [2.45, 2.75) is 6.54 Å². The Balaban J connectivity index is 2.55. The standard InChI is InChI=1S/C11H11N3O2/c12-6-8-13-9(10(14-8)11(15)16)7-4-2-1-3-5-7/h1-5H,6,12H2,(H,13,14)(H,15,16). The fourth-order valence-electron chi connectivity index (χ4n) is 1.48. The number of carboxylic acid groups (broad SMARTS) is 1. The van der Waals surface area contributed by atoms with Gasteiger partial charge in [0.15, 0.2) is 5.69 Å². The lowest BCUT2D eigenvalue weighted by Gasteiger charge is -1.97. The number of imidazole rings is 1. The van der Waals surface area contributed by atoms with Crippen LogP contribution < -0.4 is 5.73 Å². The number of carboxylic acids is 1. The number of H-pyrrole nitrogens is 1. The minimum atomic E-state index is -1.04. The van der Waals surface area contributed by atoms with Gasteiger partial charge in [-0.15, -0.1) is 0 Å². The fourth-order valence-corrected chi connectivity index (χ4v) is 1.48. The van der Waals surface area contributed by atoms with Crippen LogP contribution in [0.25, 0.3) is 11.3 Å². The molecule has 82 valence electrons. The highest BCUT2D eigenvalue weighted by molar-refractivity contribution is 5.92. The van der Waals surface area contributed by atoms with Gasteiger partial charge in [-0.05, 0) is 0 Å². The molecule has 0 atom stereocenters. The SMILES string of the molecule is NCc1nc(-c2ccccc2)c(C(=O)O)[nH]1. The molecule has 0 unspecified atom stereocenters. The van der Waals surface area contributed by atoms with E-state index in [9.17, 15) is 4.79 Å². The molecule has 0 amide bonds. The van der Waals surface area contributed by atoms with Crippen molar-refractivity contribution in [1.29, 1.82) is 0 Å². The molecule has 0 radical (unpaired) electrons. The zero-order chi connectivity index (χ0) is 11.5. The molecule has 2 rings (SSSR count). The summed E-state index contributed by atoms with van der Waals surface area (Å²) in [5.74, 6) is -0.567. The highest BCUT2D eigenvalue weighted by Gasteiger charge is 2.16. The van der Waals surface area contributed by atoms with E-state index in [1.807, 2.05) is 30.3 Å². The second-order valence-electron chi connectivity index (χ2n) is 3.28. The minimum absolute atomic E-state index is 0.0756. The van der Waals surface area contributed by atoms with E-state index in [1.165, 1.54) is 0 Å². The van der Waals surface area contributed by atoms with Gasteiger partial charge in [0.25, 0.3) is 0 Å². The van der Waals surface area contributed by atoms with Crippen molar-refractivity contribution < 1.29 is 9.90 Å². The van der Waals surface area contributed by atoms with Crippen molar-refractivity contribution in [3.8, 4) is 11.3 Å². The van der Waals surface area contributed by atoms with E-state index in [0.717, 1.165) is 5.56 Å². The summed E-state index contributed by atoms with van der Waals surface area (Å²) < 4.78 is 0. The van der Waals surface area contributed by atoms with Crippen LogP contribution in [0.1, 0.15) is 16.3 Å². The first-order valence-corrected chi connectivity index (χ1v) is 4.80. The van der Waals surface area contributed by atoms with E-state index in [0.29, 0.717) is 11.5 Å². The molecule has 5 heteroatoms. The highest BCUT2D eigenvalue weighted by atomic mass is 16.4. The Morgan fingerprint density at radius 3 is 2.62 bits per heavy atom. The van der Waals surface area contributed by atoms with E-state index >= 15 is 0 Å². The maximum absolute atomic E-state index is 11.0. The average molecular weight is 217 g/mol. The summed E-state index contributed by atoms with van der Waals surface area (Å²) in [4.78, 5) is 17.9. The van der Waals surface area contributed by atoms with Crippen molar-refractivity contribution in [2.24, 2.45) is 5.73 Å². The molecule has 0 fully saturated rings. The number of carbonyl (C=O) groups is 1. The van der Waals surface area contributed by atoms with Gasteiger partial charge in [-0.1, -0.05) is 30.3 Å². The van der Waals surface area contributed by atoms with Crippen LogP contribution in [0.4, 0.5) is 0 Å². The van der Waals surface area contributed by atoms with Gasteiger partial charge in [0.1, 0.15) is 11.5 Å². The fraction of sp³-hybridized carbons (Fsp3) is 0.0909. The molecule has 0 aliphatic heterocycles. The van der Waals surface area contributed by atoms with Crippen molar-refractivity contribution in [2.75, 3.05) is 0 Å². The first kappa shape index (κ1) is 10.4. The predicted molar refractivity (Wildman–Crippen MR) is 58.9 cm³/mol. The normalized spacial score (nSPS) is 10.3. The minimum Gasteiger partial charge on any atom is -0.477 e. The quantitative estimate of drug-likeness (QED) is 0.721. The topological polar surface area (TPSA) is 92.0 Å². The Morgan fingerprint density at radius 2 is 2.06 bits per heavy atom. The monoisotopic (exact) mass is 217 g/mol. The van der Waals surface area contributed by atoms with Crippen molar-refractivity contribution in [3.63, 3.8) is 0 Å². The number of hydrogen-bond donors (Lipinski definition) is 3. The lowest BCUT2D eigenvalue weighted by Crippen LogP contribution is -2.01. The Labute approximate surface area is 91.9 Å². The summed E-state index contributed by atoms with van der Waals surface area (Å²) in [6, 6.07) is 9.14. The first-order chi connectivity index (χ1) is 7.72. The lowest BCUT2D eigenvalue weighted by molar-refractivity contribution is 0.0692. The zero-order valence-electron chi connectivity index (χ0n) is 8.47. The summed E-state index contributed by atoms with van der Waals surface area (Å²) in [6.07, 6.45) is 0. The smallest absolute Gasteiger partial charge is 0.354 e. The van der Waals surface area contributed by atoms with Crippen LogP contribution in [-0.2, 0) is 6.54 Å². The number of nitrogens with two attached hydrogens (primary N) is 1. The first-order valence-electron chi connectivity index (χ1n) is 4.80. The van der Waals surface area contributed by atoms with Crippen LogP contribution in [0.2, 0.25) is 0 Å². The van der Waals surface area contributed by atoms with Crippen molar-refractivity contribution in [3.05, 3.63) is 41.9 Å². The number of aromatic amines is 1. The molecule has 4 N–H and O–H groups in total. The zero-order valence-corrected chi connectivity index (χ0v) is 8.47. The van der Waals surface area contributed by atoms with Crippen LogP contribution in [0.3, 0.4) is 0 Å². The molecule has 0 saturated carbocycles. The lowest BCUT2D eigenvalue weighted by atomic mass is 10.1. The number of aromatic carboxylic acids is 1. The van der Waals surface area contributed by atoms with E-state index in [4.69, 9.17) is 10.8 Å². The van der Waals surface area contributed by atoms with E-state index in [-0.39, 0.29) is 12.2 Å². The van der Waals surface area contributed by atoms with E-state index in [2.05, 4.69) is 9.97 Å². The predicted octanol–water partition coefficient (Wildman–Crippen LogP) is 1.23. The Morgan fingerprint density at radius 1 is 1.38 bits per heavy atom. The molecule has 2 aromatic rings. The van der Waals surface area contributed by atoms with Crippen LogP contribution in [0, 0.1) is 0 Å². The Kier molecular flexibility index (Phi) is 2.70. The highest BCUT2D eigenvalue weighted by Crippen LogP contribution is 2.21. The van der Waals surface area contributed by atoms with Crippen LogP contribution in [0.5, 0.6) is 0 Å². The molecular weight excluding hydrogens is 206 g/mol. The summed E-state index contributed by atoms with van der Waals surface area (Å²) >= 11 is 0. The third kappa shape index (κ3) is 1.80. The van der Waals surface area contributed by atoms with Gasteiger partial charge in [-0.3, -0.25) is 0 Å². The third-order valence-corrected chi connectivity index (χ3v) is 2.21. The van der Waals surface area contributed by atoms with E-state index < -0.39 is 5.97 Å². The van der Waals surface area contributed by atoms with Gasteiger partial charge in [0.05, 0.1) is 6.54 Å². The molecular formula is C11H11N3O2. The third-order valence-electron chi connectivity index (χ3n) is 2.21. The number of benzene rings is 1. The Bertz CT molecular complexity index is 505. The molecule has 16 heavy (non-hydrogen) atoms. The van der Waals surface area contributed by atoms with Gasteiger partial charge in [-0.25, -0.2) is 9.78 Å². The van der Waals surface area contributed by atoms with Crippen molar-refractivity contribution in [1.82, 2.24) is 9.97 Å². The second kappa shape index (κ2) is 4.16. The number of aromatic nitrogens is 2. The molecule has 1 aromatic carbocycles. The maximum Gasteiger partial charge on any atom is 0.354 e. The molecule has 0 aliphatic carbocycles. The van der Waals surface area contributed by atoms with Crippen LogP contribution in [-0.4, -0.2) is 21.0 Å². The molecule has 1 aromatic heterocycles. The van der Waals surface area contributed by atoms with Gasteiger partial charge < -0.3 is 15.8 Å². The molecule has 0 spiro atoms. The second-order valence-corrected chi connectivity index (χ2v) is 3.28. The van der Waals surface area contributed by atoms with Gasteiger partial charge >= 0.3 is 5.97 Å². The Hall–Kier alpha value is -2.14. The van der Waals surface area contributed by atoms with Crippen LogP contribution in [0.15, 0.2) is 30.3 Å². The van der Waals surface area contributed by atoms with Gasteiger partial charge in [-0.2, -0.15) is 0 Å². The molecule has 5 nitrogen and oxygen atoms in total. The largest absolute Gasteiger partial charge is 0.477 e. The van der Waals surface area contributed by atoms with Gasteiger partial charge in [0, 0.05) is 5.56 Å². The summed E-state index contributed by atoms with van der Waals surface area (Å²) in [5.41, 5.74) is 6.68. The van der Waals surface area contributed by atoms with E-state index in [1.54, 1.807) is 0 Å². The maximum atomic E-state index is 11.0. The summed E-state index contributed by atoms with van der Waals surface area (Å²) in [7, 11) is 0. The number of hydrogen-bond acceptors (Lipinski definition) is 3. The average Bonchev–Trinajstić information content (AvgIpc) is 2.74. The molecule has 1 heterocycles. The number of nitrogens with zero attached hydrogens (tertiary/aromatic N) is 1. The number of rotatable bonds is 3. The van der Waals surface area contributed by atoms with Crippen LogP contribution >= 0.6 is 0 Å². The van der Waals surface area contributed by atoms with Gasteiger partial charge in [0.2, 0.25) is 0 Å². The number of nitrogens with one attached hydrogen (secondary N) is 1.